The van der Waals surface area contributed by atoms with E-state index in [1.54, 1.807) is 24.5 Å². The van der Waals surface area contributed by atoms with E-state index in [0.29, 0.717) is 25.0 Å². The number of hydrogen-bond donors (Lipinski definition) is 4. The van der Waals surface area contributed by atoms with Crippen LogP contribution >= 0.6 is 11.6 Å². The van der Waals surface area contributed by atoms with Crippen LogP contribution in [0.2, 0.25) is 5.02 Å². The Balaban J connectivity index is 1.45. The number of halogens is 2. The summed E-state index contributed by atoms with van der Waals surface area (Å²) in [6, 6.07) is 9.90. The predicted molar refractivity (Wildman–Crippen MR) is 119 cm³/mol. The molecule has 0 aliphatic rings. The molecule has 4 rings (SSSR count). The first kappa shape index (κ1) is 20.5. The van der Waals surface area contributed by atoms with Crippen LogP contribution in [0.15, 0.2) is 48.8 Å². The molecular formula is C21H19ClFN7O. The fraction of sp³-hybridized carbons (Fsp3) is 0.143. The minimum atomic E-state index is -0.451. The Kier molecular flexibility index (Phi) is 5.94. The number of carbonyl (C=O) groups is 1. The van der Waals surface area contributed by atoms with Crippen LogP contribution in [0, 0.1) is 5.82 Å². The summed E-state index contributed by atoms with van der Waals surface area (Å²) in [5.74, 6) is 0.363. The number of aromatic nitrogens is 4. The van der Waals surface area contributed by atoms with Crippen molar-refractivity contribution in [3.8, 4) is 11.1 Å². The average Bonchev–Trinajstić information content (AvgIpc) is 3.16. The van der Waals surface area contributed by atoms with Crippen molar-refractivity contribution < 1.29 is 9.18 Å². The van der Waals surface area contributed by atoms with Crippen LogP contribution in [0.5, 0.6) is 0 Å². The summed E-state index contributed by atoms with van der Waals surface area (Å²) in [4.78, 5) is 27.8. The number of anilines is 2. The number of benzene rings is 2. The molecule has 0 aliphatic carbocycles. The van der Waals surface area contributed by atoms with Crippen molar-refractivity contribution in [1.82, 2.24) is 25.3 Å². The maximum absolute atomic E-state index is 13.2. The quantitative estimate of drug-likeness (QED) is 0.352. The number of aromatic amines is 1. The number of nitrogens with one attached hydrogen (secondary N) is 4. The van der Waals surface area contributed by atoms with Gasteiger partial charge in [0.1, 0.15) is 5.82 Å². The smallest absolute Gasteiger partial charge is 0.321 e. The van der Waals surface area contributed by atoms with Crippen LogP contribution in [0.3, 0.4) is 0 Å². The number of carbonyl (C=O) groups excluding carboxylic acids is 1. The second-order valence-electron chi connectivity index (χ2n) is 6.70. The highest BCUT2D eigenvalue weighted by molar-refractivity contribution is 6.30. The minimum Gasteiger partial charge on any atom is -0.350 e. The molecule has 0 atom stereocenters. The molecule has 4 N–H and O–H groups in total. The van der Waals surface area contributed by atoms with E-state index in [9.17, 15) is 9.18 Å². The molecule has 8 nitrogen and oxygen atoms in total. The summed E-state index contributed by atoms with van der Waals surface area (Å²) in [6.45, 7) is 2.78. The van der Waals surface area contributed by atoms with E-state index < -0.39 is 5.82 Å². The van der Waals surface area contributed by atoms with Gasteiger partial charge in [0.05, 0.1) is 16.1 Å². The van der Waals surface area contributed by atoms with Crippen molar-refractivity contribution in [2.75, 3.05) is 17.2 Å². The number of imidazole rings is 1. The van der Waals surface area contributed by atoms with Gasteiger partial charge in [-0.2, -0.15) is 0 Å². The van der Waals surface area contributed by atoms with Gasteiger partial charge in [0.25, 0.3) is 0 Å². The highest BCUT2D eigenvalue weighted by Crippen LogP contribution is 2.24. The molecule has 10 heteroatoms. The molecule has 2 aromatic heterocycles. The zero-order chi connectivity index (χ0) is 21.8. The summed E-state index contributed by atoms with van der Waals surface area (Å²) in [7, 11) is 0. The van der Waals surface area contributed by atoms with E-state index in [1.807, 2.05) is 25.1 Å². The van der Waals surface area contributed by atoms with Gasteiger partial charge >= 0.3 is 6.03 Å². The number of urea groups is 1. The molecule has 31 heavy (non-hydrogen) atoms. The van der Waals surface area contributed by atoms with Crippen LogP contribution in [-0.2, 0) is 6.54 Å². The Morgan fingerprint density at radius 1 is 1.13 bits per heavy atom. The minimum absolute atomic E-state index is 0.0779. The van der Waals surface area contributed by atoms with Crippen LogP contribution in [-0.4, -0.2) is 32.5 Å². The molecule has 2 heterocycles. The molecule has 2 aromatic carbocycles. The SMILES string of the molecule is CCNC(=O)Nc1nc2ccc(-c3cnc(NCc4ccc(F)c(Cl)c4)nc3)cc2[nH]1. The van der Waals surface area contributed by atoms with Crippen molar-refractivity contribution >= 4 is 40.6 Å². The Morgan fingerprint density at radius 2 is 1.94 bits per heavy atom. The Labute approximate surface area is 182 Å². The van der Waals surface area contributed by atoms with Crippen molar-refractivity contribution in [2.45, 2.75) is 13.5 Å². The van der Waals surface area contributed by atoms with Crippen molar-refractivity contribution in [3.63, 3.8) is 0 Å². The molecular weight excluding hydrogens is 421 g/mol. The lowest BCUT2D eigenvalue weighted by atomic mass is 10.1. The topological polar surface area (TPSA) is 108 Å². The van der Waals surface area contributed by atoms with Gasteiger partial charge in [-0.15, -0.1) is 0 Å². The average molecular weight is 440 g/mol. The second-order valence-corrected chi connectivity index (χ2v) is 7.11. The molecule has 2 amide bonds. The summed E-state index contributed by atoms with van der Waals surface area (Å²) in [6.07, 6.45) is 3.41. The van der Waals surface area contributed by atoms with Gasteiger partial charge < -0.3 is 15.6 Å². The lowest BCUT2D eigenvalue weighted by molar-refractivity contribution is 0.252. The van der Waals surface area contributed by atoms with Crippen molar-refractivity contribution in [3.05, 3.63) is 65.2 Å². The summed E-state index contributed by atoms with van der Waals surface area (Å²) in [5, 5.41) is 8.47. The van der Waals surface area contributed by atoms with E-state index in [0.717, 1.165) is 27.7 Å². The monoisotopic (exact) mass is 439 g/mol. The lowest BCUT2D eigenvalue weighted by Gasteiger charge is -2.07. The van der Waals surface area contributed by atoms with Gasteiger partial charge in [0.15, 0.2) is 0 Å². The predicted octanol–water partition coefficient (Wildman–Crippen LogP) is 4.57. The van der Waals surface area contributed by atoms with Gasteiger partial charge in [0.2, 0.25) is 11.9 Å². The first-order chi connectivity index (χ1) is 15.0. The lowest BCUT2D eigenvalue weighted by Crippen LogP contribution is -2.28. The molecule has 0 bridgehead atoms. The number of rotatable bonds is 6. The number of H-pyrrole nitrogens is 1. The van der Waals surface area contributed by atoms with Gasteiger partial charge in [-0.05, 0) is 42.3 Å². The van der Waals surface area contributed by atoms with Crippen LogP contribution in [0.25, 0.3) is 22.2 Å². The van der Waals surface area contributed by atoms with E-state index in [-0.39, 0.29) is 11.1 Å². The van der Waals surface area contributed by atoms with E-state index >= 15 is 0 Å². The van der Waals surface area contributed by atoms with Gasteiger partial charge in [0, 0.05) is 31.0 Å². The summed E-state index contributed by atoms with van der Waals surface area (Å²) < 4.78 is 13.2. The summed E-state index contributed by atoms with van der Waals surface area (Å²) in [5.41, 5.74) is 4.05. The molecule has 158 valence electrons. The standard InChI is InChI=1S/C21H19ClFN7O/c1-2-24-21(31)30-20-28-17-6-4-13(8-18(17)29-20)14-10-26-19(27-11-14)25-9-12-3-5-16(23)15(22)7-12/h3-8,10-11H,2,9H2,1H3,(H,25,26,27)(H3,24,28,29,30,31). The normalized spacial score (nSPS) is 10.8. The number of fused-ring (bicyclic) bond motifs is 1. The van der Waals surface area contributed by atoms with Gasteiger partial charge in [-0.3, -0.25) is 5.32 Å². The van der Waals surface area contributed by atoms with Crippen LogP contribution < -0.4 is 16.0 Å². The fourth-order valence-corrected chi connectivity index (χ4v) is 3.16. The number of amides is 2. The number of nitrogens with zero attached hydrogens (tertiary/aromatic N) is 3. The van der Waals surface area contributed by atoms with Crippen LogP contribution in [0.1, 0.15) is 12.5 Å². The van der Waals surface area contributed by atoms with E-state index in [2.05, 4.69) is 35.9 Å². The maximum atomic E-state index is 13.2. The van der Waals surface area contributed by atoms with E-state index in [4.69, 9.17) is 11.6 Å². The zero-order valence-electron chi connectivity index (χ0n) is 16.5. The Bertz CT molecular complexity index is 1230. The fourth-order valence-electron chi connectivity index (χ4n) is 2.96. The number of hydrogen-bond acceptors (Lipinski definition) is 5. The third-order valence-corrected chi connectivity index (χ3v) is 4.76. The first-order valence-corrected chi connectivity index (χ1v) is 9.94. The highest BCUT2D eigenvalue weighted by atomic mass is 35.5. The molecule has 0 saturated heterocycles. The summed E-state index contributed by atoms with van der Waals surface area (Å²) >= 11 is 5.80. The van der Waals surface area contributed by atoms with E-state index in [1.165, 1.54) is 6.07 Å². The molecule has 0 saturated carbocycles. The largest absolute Gasteiger partial charge is 0.350 e. The third kappa shape index (κ3) is 4.89. The Hall–Kier alpha value is -3.72. The van der Waals surface area contributed by atoms with Crippen molar-refractivity contribution in [1.29, 1.82) is 0 Å². The second kappa shape index (κ2) is 8.97. The molecule has 0 aliphatic heterocycles. The van der Waals surface area contributed by atoms with Crippen molar-refractivity contribution in [2.24, 2.45) is 0 Å². The van der Waals surface area contributed by atoms with Gasteiger partial charge in [-0.25, -0.2) is 24.1 Å². The Morgan fingerprint density at radius 3 is 2.68 bits per heavy atom. The first-order valence-electron chi connectivity index (χ1n) is 9.56. The highest BCUT2D eigenvalue weighted by Gasteiger charge is 2.08. The molecule has 0 fully saturated rings. The molecule has 0 radical (unpaired) electrons. The molecule has 0 unspecified atom stereocenters. The maximum Gasteiger partial charge on any atom is 0.321 e. The van der Waals surface area contributed by atoms with Crippen LogP contribution in [0.4, 0.5) is 21.1 Å². The van der Waals surface area contributed by atoms with Gasteiger partial charge in [-0.1, -0.05) is 23.7 Å². The third-order valence-electron chi connectivity index (χ3n) is 4.47. The zero-order valence-corrected chi connectivity index (χ0v) is 17.3. The molecule has 0 spiro atoms. The molecule has 4 aromatic rings.